The third kappa shape index (κ3) is 3.07. The van der Waals surface area contributed by atoms with Crippen LogP contribution in [0.2, 0.25) is 0 Å². The van der Waals surface area contributed by atoms with E-state index in [-0.39, 0.29) is 11.5 Å². The normalized spacial score (nSPS) is 9.94. The zero-order valence-corrected chi connectivity index (χ0v) is 8.93. The fourth-order valence-electron chi connectivity index (χ4n) is 1.33. The molecular formula is C12H10FN3O. The monoisotopic (exact) mass is 231 g/mol. The maximum atomic E-state index is 12.8. The van der Waals surface area contributed by atoms with Crippen LogP contribution in [0.4, 0.5) is 4.39 Å². The lowest BCUT2D eigenvalue weighted by Gasteiger charge is -2.04. The smallest absolute Gasteiger partial charge is 0.251 e. The van der Waals surface area contributed by atoms with Crippen LogP contribution in [0.25, 0.3) is 0 Å². The second-order valence-corrected chi connectivity index (χ2v) is 3.41. The van der Waals surface area contributed by atoms with Crippen molar-refractivity contribution in [3.05, 3.63) is 59.9 Å². The van der Waals surface area contributed by atoms with E-state index in [0.717, 1.165) is 11.6 Å². The number of hydrogen-bond donors (Lipinski definition) is 1. The number of rotatable bonds is 3. The summed E-state index contributed by atoms with van der Waals surface area (Å²) in [5.41, 5.74) is 1.14. The summed E-state index contributed by atoms with van der Waals surface area (Å²) in [6, 6.07) is 6.19. The lowest BCUT2D eigenvalue weighted by molar-refractivity contribution is 0.0950. The van der Waals surface area contributed by atoms with E-state index in [4.69, 9.17) is 0 Å². The maximum absolute atomic E-state index is 12.8. The Balaban J connectivity index is 1.98. The number of carbonyl (C=O) groups excluding carboxylic acids is 1. The number of nitrogens with one attached hydrogen (secondary N) is 1. The minimum Gasteiger partial charge on any atom is -0.348 e. The highest BCUT2D eigenvalue weighted by Gasteiger charge is 2.06. The number of hydrogen-bond acceptors (Lipinski definition) is 3. The first-order chi connectivity index (χ1) is 8.25. The highest BCUT2D eigenvalue weighted by atomic mass is 19.1. The van der Waals surface area contributed by atoms with Crippen molar-refractivity contribution in [3.63, 3.8) is 0 Å². The Hall–Kier alpha value is -2.30. The molecule has 5 heteroatoms. The molecule has 0 spiro atoms. The molecule has 0 aliphatic carbocycles. The van der Waals surface area contributed by atoms with Crippen LogP contribution in [0, 0.1) is 5.95 Å². The molecule has 86 valence electrons. The van der Waals surface area contributed by atoms with E-state index in [0.29, 0.717) is 6.54 Å². The zero-order chi connectivity index (χ0) is 12.1. The molecule has 0 bridgehead atoms. The first kappa shape index (κ1) is 11.2. The summed E-state index contributed by atoms with van der Waals surface area (Å²) in [6.07, 6.45) is 4.57. The predicted molar refractivity (Wildman–Crippen MR) is 59.6 cm³/mol. The molecule has 2 aromatic heterocycles. The van der Waals surface area contributed by atoms with E-state index in [1.165, 1.54) is 12.3 Å². The zero-order valence-electron chi connectivity index (χ0n) is 8.93. The van der Waals surface area contributed by atoms with Gasteiger partial charge in [0.15, 0.2) is 0 Å². The largest absolute Gasteiger partial charge is 0.348 e. The molecule has 1 amide bonds. The summed E-state index contributed by atoms with van der Waals surface area (Å²) in [4.78, 5) is 19.0. The average molecular weight is 231 g/mol. The molecule has 17 heavy (non-hydrogen) atoms. The highest BCUT2D eigenvalue weighted by Crippen LogP contribution is 2.01. The van der Waals surface area contributed by atoms with Crippen LogP contribution in [-0.2, 0) is 6.54 Å². The number of aromatic nitrogens is 2. The van der Waals surface area contributed by atoms with Gasteiger partial charge in [-0.2, -0.15) is 4.39 Å². The first-order valence-corrected chi connectivity index (χ1v) is 5.04. The number of pyridine rings is 2. The van der Waals surface area contributed by atoms with Gasteiger partial charge < -0.3 is 5.32 Å². The average Bonchev–Trinajstić information content (AvgIpc) is 2.37. The van der Waals surface area contributed by atoms with Gasteiger partial charge in [-0.3, -0.25) is 9.78 Å². The van der Waals surface area contributed by atoms with Gasteiger partial charge in [-0.1, -0.05) is 6.07 Å². The van der Waals surface area contributed by atoms with Gasteiger partial charge in [-0.25, -0.2) is 4.98 Å². The molecule has 2 rings (SSSR count). The molecule has 0 aliphatic heterocycles. The second-order valence-electron chi connectivity index (χ2n) is 3.41. The first-order valence-electron chi connectivity index (χ1n) is 5.04. The molecule has 0 aromatic carbocycles. The molecule has 2 heterocycles. The minimum absolute atomic E-state index is 0.251. The molecule has 0 saturated carbocycles. The predicted octanol–water partition coefficient (Wildman–Crippen LogP) is 1.55. The van der Waals surface area contributed by atoms with E-state index in [9.17, 15) is 9.18 Å². The van der Waals surface area contributed by atoms with Crippen molar-refractivity contribution in [2.24, 2.45) is 0 Å². The summed E-state index contributed by atoms with van der Waals surface area (Å²) in [6.45, 7) is 0.358. The number of amides is 1. The van der Waals surface area contributed by atoms with E-state index in [1.54, 1.807) is 18.5 Å². The molecule has 0 radical (unpaired) electrons. The van der Waals surface area contributed by atoms with Crippen molar-refractivity contribution in [2.45, 2.75) is 6.54 Å². The van der Waals surface area contributed by atoms with Crippen LogP contribution in [0.3, 0.4) is 0 Å². The summed E-state index contributed by atoms with van der Waals surface area (Å²) in [5.74, 6) is -1.01. The van der Waals surface area contributed by atoms with Crippen molar-refractivity contribution in [2.75, 3.05) is 0 Å². The van der Waals surface area contributed by atoms with E-state index < -0.39 is 5.95 Å². The summed E-state index contributed by atoms with van der Waals surface area (Å²) in [7, 11) is 0. The van der Waals surface area contributed by atoms with Gasteiger partial charge in [0.05, 0.1) is 0 Å². The highest BCUT2D eigenvalue weighted by molar-refractivity contribution is 5.93. The molecular weight excluding hydrogens is 221 g/mol. The van der Waals surface area contributed by atoms with Crippen molar-refractivity contribution in [1.82, 2.24) is 15.3 Å². The Bertz CT molecular complexity index is 516. The van der Waals surface area contributed by atoms with E-state index >= 15 is 0 Å². The van der Waals surface area contributed by atoms with E-state index in [2.05, 4.69) is 15.3 Å². The Morgan fingerprint density at radius 1 is 1.35 bits per heavy atom. The van der Waals surface area contributed by atoms with Crippen molar-refractivity contribution in [3.8, 4) is 0 Å². The molecule has 1 N–H and O–H groups in total. The molecule has 2 aromatic rings. The third-order valence-corrected chi connectivity index (χ3v) is 2.16. The standard InChI is InChI=1S/C12H10FN3O/c13-11-6-10(3-5-15-11)12(17)16-8-9-2-1-4-14-7-9/h1-7H,8H2,(H,16,17). The Kier molecular flexibility index (Phi) is 3.40. The Morgan fingerprint density at radius 3 is 2.94 bits per heavy atom. The van der Waals surface area contributed by atoms with Crippen LogP contribution in [0.1, 0.15) is 15.9 Å². The van der Waals surface area contributed by atoms with Gasteiger partial charge in [0.25, 0.3) is 5.91 Å². The Morgan fingerprint density at radius 2 is 2.24 bits per heavy atom. The van der Waals surface area contributed by atoms with Gasteiger partial charge in [-0.15, -0.1) is 0 Å². The molecule has 4 nitrogen and oxygen atoms in total. The summed E-state index contributed by atoms with van der Waals surface area (Å²) in [5, 5.41) is 2.67. The van der Waals surface area contributed by atoms with Gasteiger partial charge >= 0.3 is 0 Å². The number of carbonyl (C=O) groups is 1. The van der Waals surface area contributed by atoms with Crippen molar-refractivity contribution < 1.29 is 9.18 Å². The Labute approximate surface area is 97.5 Å². The molecule has 0 unspecified atom stereocenters. The van der Waals surface area contributed by atoms with Gasteiger partial charge in [-0.05, 0) is 17.7 Å². The molecule has 0 atom stereocenters. The number of halogens is 1. The minimum atomic E-state index is -0.668. The van der Waals surface area contributed by atoms with Gasteiger partial charge in [0, 0.05) is 36.8 Å². The lowest BCUT2D eigenvalue weighted by atomic mass is 10.2. The number of nitrogens with zero attached hydrogens (tertiary/aromatic N) is 2. The van der Waals surface area contributed by atoms with Crippen LogP contribution in [-0.4, -0.2) is 15.9 Å². The van der Waals surface area contributed by atoms with E-state index in [1.807, 2.05) is 6.07 Å². The van der Waals surface area contributed by atoms with Crippen molar-refractivity contribution >= 4 is 5.91 Å². The topological polar surface area (TPSA) is 54.9 Å². The SMILES string of the molecule is O=C(NCc1cccnc1)c1ccnc(F)c1. The quantitative estimate of drug-likeness (QED) is 0.815. The third-order valence-electron chi connectivity index (χ3n) is 2.16. The summed E-state index contributed by atoms with van der Waals surface area (Å²) >= 11 is 0. The molecule has 0 fully saturated rings. The van der Waals surface area contributed by atoms with Gasteiger partial charge in [0.2, 0.25) is 5.95 Å². The molecule has 0 saturated heterocycles. The lowest BCUT2D eigenvalue weighted by Crippen LogP contribution is -2.23. The van der Waals surface area contributed by atoms with Crippen LogP contribution in [0.15, 0.2) is 42.9 Å². The summed E-state index contributed by atoms with van der Waals surface area (Å²) < 4.78 is 12.8. The van der Waals surface area contributed by atoms with Crippen LogP contribution in [0.5, 0.6) is 0 Å². The van der Waals surface area contributed by atoms with Crippen LogP contribution >= 0.6 is 0 Å². The van der Waals surface area contributed by atoms with Gasteiger partial charge in [0.1, 0.15) is 0 Å². The van der Waals surface area contributed by atoms with Crippen LogP contribution < -0.4 is 5.32 Å². The molecule has 0 aliphatic rings. The second kappa shape index (κ2) is 5.16. The maximum Gasteiger partial charge on any atom is 0.251 e. The van der Waals surface area contributed by atoms with Crippen molar-refractivity contribution in [1.29, 1.82) is 0 Å². The fourth-order valence-corrected chi connectivity index (χ4v) is 1.33. The fraction of sp³-hybridized carbons (Fsp3) is 0.0833.